The lowest BCUT2D eigenvalue weighted by Gasteiger charge is -2.22. The lowest BCUT2D eigenvalue weighted by Crippen LogP contribution is -2.20. The molecule has 2 rings (SSSR count). The van der Waals surface area contributed by atoms with E-state index in [-0.39, 0.29) is 33.6 Å². The van der Waals surface area contributed by atoms with Crippen molar-refractivity contribution in [1.82, 2.24) is 0 Å². The Morgan fingerprint density at radius 1 is 0.593 bits per heavy atom. The molecular weight excluding hydrogens is 395 g/mol. The van der Waals surface area contributed by atoms with E-state index in [2.05, 4.69) is 0 Å². The molecule has 0 aliphatic carbocycles. The number of hydrogen-bond acceptors (Lipinski definition) is 7. The Morgan fingerprint density at radius 3 is 1.04 bits per heavy atom. The zero-order valence-corrected chi connectivity index (χ0v) is 17.6. The Morgan fingerprint density at radius 2 is 0.852 bits per heavy atom. The molecule has 0 aliphatic rings. The molecule has 148 valence electrons. The van der Waals surface area contributed by atoms with Crippen LogP contribution >= 0.6 is 17.7 Å². The van der Waals surface area contributed by atoms with E-state index in [9.17, 15) is 4.57 Å². The summed E-state index contributed by atoms with van der Waals surface area (Å²) in [6.45, 7) is -3.81. The Kier molecular flexibility index (Phi) is 6.73. The fourth-order valence-corrected chi connectivity index (χ4v) is 5.63. The summed E-state index contributed by atoms with van der Waals surface area (Å²) >= 11 is 6.67. The Labute approximate surface area is 163 Å². The maximum absolute atomic E-state index is 13.9. The fourth-order valence-electron chi connectivity index (χ4n) is 2.65. The minimum absolute atomic E-state index is 0.178. The van der Waals surface area contributed by atoms with Gasteiger partial charge in [0.1, 0.15) is 45.1 Å². The summed E-state index contributed by atoms with van der Waals surface area (Å²) < 4.78 is 46.0. The van der Waals surface area contributed by atoms with Crippen molar-refractivity contribution in [3.05, 3.63) is 24.3 Å². The molecular formula is C18H22ClO7P. The molecule has 0 aromatic heterocycles. The molecule has 0 heterocycles. The second kappa shape index (κ2) is 8.63. The number of rotatable bonds is 8. The maximum Gasteiger partial charge on any atom is 0.240 e. The van der Waals surface area contributed by atoms with Crippen LogP contribution in [-0.2, 0) is 4.57 Å². The monoisotopic (exact) mass is 416 g/mol. The van der Waals surface area contributed by atoms with Crippen LogP contribution in [0, 0.1) is 0 Å². The zero-order valence-electron chi connectivity index (χ0n) is 16.0. The summed E-state index contributed by atoms with van der Waals surface area (Å²) in [5.41, 5.74) is 0. The average Bonchev–Trinajstić information content (AvgIpc) is 2.70. The molecule has 0 unspecified atom stereocenters. The van der Waals surface area contributed by atoms with Gasteiger partial charge in [-0.1, -0.05) is 0 Å². The predicted octanol–water partition coefficient (Wildman–Crippen LogP) is 3.21. The third-order valence-corrected chi connectivity index (χ3v) is 7.00. The molecule has 0 amide bonds. The summed E-state index contributed by atoms with van der Waals surface area (Å²) in [6.07, 6.45) is 0. The van der Waals surface area contributed by atoms with E-state index < -0.39 is 6.49 Å². The molecule has 2 aromatic carbocycles. The van der Waals surface area contributed by atoms with Crippen LogP contribution in [0.4, 0.5) is 0 Å². The lowest BCUT2D eigenvalue weighted by molar-refractivity contribution is 0.378. The fraction of sp³-hybridized carbons (Fsp3) is 0.333. The maximum atomic E-state index is 13.9. The van der Waals surface area contributed by atoms with Crippen molar-refractivity contribution in [2.75, 3.05) is 42.7 Å². The molecule has 0 radical (unpaired) electrons. The molecule has 0 atom stereocenters. The smallest absolute Gasteiger partial charge is 0.240 e. The van der Waals surface area contributed by atoms with Gasteiger partial charge in [-0.05, 0) is 11.2 Å². The molecule has 0 fully saturated rings. The minimum atomic E-state index is -3.81. The molecule has 2 aromatic rings. The third-order valence-electron chi connectivity index (χ3n) is 3.95. The number of methoxy groups -OCH3 is 6. The first-order valence-corrected chi connectivity index (χ1v) is 10.4. The standard InChI is InChI=1S/C18H22ClO7P/c1-21-11-7-13(23-3)17(14(8-11)24-4)27(19,20)18-15(25-5)9-12(22-2)10-16(18)26-6/h7-10H,1-6H3. The third kappa shape index (κ3) is 3.89. The van der Waals surface area contributed by atoms with Crippen LogP contribution in [0.2, 0.25) is 0 Å². The van der Waals surface area contributed by atoms with Crippen molar-refractivity contribution in [3.8, 4) is 34.5 Å². The van der Waals surface area contributed by atoms with Crippen LogP contribution in [0.1, 0.15) is 0 Å². The van der Waals surface area contributed by atoms with Crippen molar-refractivity contribution < 1.29 is 33.0 Å². The van der Waals surface area contributed by atoms with E-state index >= 15 is 0 Å². The van der Waals surface area contributed by atoms with Crippen molar-refractivity contribution in [2.45, 2.75) is 0 Å². The SMILES string of the molecule is COc1cc(OC)c(P(=O)(Cl)c2c(OC)cc(OC)cc2OC)c(OC)c1. The highest BCUT2D eigenvalue weighted by Gasteiger charge is 2.38. The summed E-state index contributed by atoms with van der Waals surface area (Å²) in [4.78, 5) is 0. The molecule has 0 saturated heterocycles. The Hall–Kier alpha value is -2.24. The number of ether oxygens (including phenoxy) is 6. The van der Waals surface area contributed by atoms with Gasteiger partial charge in [0.15, 0.2) is 0 Å². The van der Waals surface area contributed by atoms with Gasteiger partial charge < -0.3 is 28.4 Å². The van der Waals surface area contributed by atoms with Gasteiger partial charge in [-0.25, -0.2) is 0 Å². The molecule has 9 heteroatoms. The highest BCUT2D eigenvalue weighted by atomic mass is 35.7. The van der Waals surface area contributed by atoms with Crippen LogP contribution in [0.25, 0.3) is 0 Å². The molecule has 0 bridgehead atoms. The van der Waals surface area contributed by atoms with Crippen LogP contribution in [0.5, 0.6) is 34.5 Å². The summed E-state index contributed by atoms with van der Waals surface area (Å²) in [7, 11) is 8.77. The first kappa shape index (κ1) is 21.1. The number of halogens is 1. The van der Waals surface area contributed by atoms with Gasteiger partial charge in [-0.3, -0.25) is 4.57 Å². The van der Waals surface area contributed by atoms with E-state index in [4.69, 9.17) is 39.7 Å². The van der Waals surface area contributed by atoms with Gasteiger partial charge in [0.05, 0.1) is 42.7 Å². The van der Waals surface area contributed by atoms with Crippen LogP contribution in [-0.4, -0.2) is 42.7 Å². The topological polar surface area (TPSA) is 72.5 Å². The van der Waals surface area contributed by atoms with E-state index in [0.717, 1.165) is 0 Å². The van der Waals surface area contributed by atoms with E-state index in [1.165, 1.54) is 42.7 Å². The van der Waals surface area contributed by atoms with Gasteiger partial charge >= 0.3 is 0 Å². The van der Waals surface area contributed by atoms with Crippen molar-refractivity contribution in [1.29, 1.82) is 0 Å². The highest BCUT2D eigenvalue weighted by molar-refractivity contribution is 8.01. The lowest BCUT2D eigenvalue weighted by atomic mass is 10.3. The van der Waals surface area contributed by atoms with Crippen LogP contribution in [0.15, 0.2) is 24.3 Å². The Bertz CT molecular complexity index is 751. The van der Waals surface area contributed by atoms with E-state index in [1.54, 1.807) is 24.3 Å². The van der Waals surface area contributed by atoms with Gasteiger partial charge in [-0.15, -0.1) is 0 Å². The zero-order chi connectivity index (χ0) is 20.2. The first-order chi connectivity index (χ1) is 12.9. The summed E-state index contributed by atoms with van der Waals surface area (Å²) in [5.74, 6) is 1.96. The van der Waals surface area contributed by atoms with Crippen molar-refractivity contribution in [2.24, 2.45) is 0 Å². The second-order valence-electron chi connectivity index (χ2n) is 5.29. The largest absolute Gasteiger partial charge is 0.496 e. The molecule has 0 saturated carbocycles. The van der Waals surface area contributed by atoms with Gasteiger partial charge in [0, 0.05) is 24.3 Å². The minimum Gasteiger partial charge on any atom is -0.496 e. The van der Waals surface area contributed by atoms with Crippen molar-refractivity contribution in [3.63, 3.8) is 0 Å². The van der Waals surface area contributed by atoms with Crippen LogP contribution in [0.3, 0.4) is 0 Å². The number of hydrogen-bond donors (Lipinski definition) is 0. The normalized spacial score (nSPS) is 10.9. The molecule has 0 aliphatic heterocycles. The van der Waals surface area contributed by atoms with E-state index in [0.29, 0.717) is 11.5 Å². The predicted molar refractivity (Wildman–Crippen MR) is 105 cm³/mol. The van der Waals surface area contributed by atoms with Gasteiger partial charge in [0.2, 0.25) is 6.49 Å². The number of benzene rings is 2. The summed E-state index contributed by atoms with van der Waals surface area (Å²) in [5, 5.41) is 0.355. The quantitative estimate of drug-likeness (QED) is 0.612. The Balaban J connectivity index is 2.86. The second-order valence-corrected chi connectivity index (χ2v) is 8.68. The molecule has 27 heavy (non-hydrogen) atoms. The molecule has 7 nitrogen and oxygen atoms in total. The summed E-state index contributed by atoms with van der Waals surface area (Å²) in [6, 6.07) is 6.31. The molecule has 0 spiro atoms. The average molecular weight is 417 g/mol. The highest BCUT2D eigenvalue weighted by Crippen LogP contribution is 2.58. The first-order valence-electron chi connectivity index (χ1n) is 7.78. The van der Waals surface area contributed by atoms with Gasteiger partial charge in [0.25, 0.3) is 0 Å². The molecule has 0 N–H and O–H groups in total. The van der Waals surface area contributed by atoms with Crippen molar-refractivity contribution >= 4 is 28.3 Å². The van der Waals surface area contributed by atoms with Crippen LogP contribution < -0.4 is 39.0 Å². The van der Waals surface area contributed by atoms with Gasteiger partial charge in [-0.2, -0.15) is 0 Å². The van der Waals surface area contributed by atoms with E-state index in [1.807, 2.05) is 0 Å².